The Morgan fingerprint density at radius 3 is 2.51 bits per heavy atom. The van der Waals surface area contributed by atoms with Gasteiger partial charge in [-0.15, -0.1) is 0 Å². The summed E-state index contributed by atoms with van der Waals surface area (Å²) in [5.74, 6) is -0.444. The van der Waals surface area contributed by atoms with Gasteiger partial charge in [0.05, 0.1) is 40.0 Å². The van der Waals surface area contributed by atoms with Gasteiger partial charge in [-0.25, -0.2) is 4.79 Å². The molecule has 0 spiro atoms. The molecule has 5 heterocycles. The number of carbonyl (C=O) groups excluding carboxylic acids is 1. The predicted octanol–water partition coefficient (Wildman–Crippen LogP) is 8.23. The van der Waals surface area contributed by atoms with Gasteiger partial charge < -0.3 is 23.9 Å². The van der Waals surface area contributed by atoms with Crippen molar-refractivity contribution in [1.82, 2.24) is 18.9 Å². The maximum Gasteiger partial charge on any atom is 0.336 e. The Morgan fingerprint density at radius 1 is 1.02 bits per heavy atom. The molecule has 250 valence electrons. The minimum Gasteiger partial charge on any atom is -0.494 e. The van der Waals surface area contributed by atoms with Crippen LogP contribution in [-0.4, -0.2) is 49.0 Å². The number of aromatic carboxylic acids is 1. The van der Waals surface area contributed by atoms with Crippen LogP contribution in [0.15, 0.2) is 48.7 Å². The molecule has 3 aromatic heterocycles. The summed E-state index contributed by atoms with van der Waals surface area (Å²) in [5.41, 5.74) is 9.70. The van der Waals surface area contributed by atoms with Crippen LogP contribution >= 0.6 is 23.2 Å². The van der Waals surface area contributed by atoms with Crippen molar-refractivity contribution in [2.75, 3.05) is 18.1 Å². The lowest BCUT2D eigenvalue weighted by Gasteiger charge is -2.35. The molecule has 2 aliphatic heterocycles. The topological polar surface area (TPSA) is 94.5 Å². The van der Waals surface area contributed by atoms with Gasteiger partial charge in [0.1, 0.15) is 11.4 Å². The number of benzene rings is 3. The van der Waals surface area contributed by atoms with Crippen molar-refractivity contribution in [2.45, 2.75) is 46.1 Å². The average Bonchev–Trinajstić information content (AvgIpc) is 3.66. The molecular weight excluding hydrogens is 661 g/mol. The fourth-order valence-corrected chi connectivity index (χ4v) is 8.26. The quantitative estimate of drug-likeness (QED) is 0.170. The van der Waals surface area contributed by atoms with E-state index in [1.165, 1.54) is 0 Å². The van der Waals surface area contributed by atoms with Crippen LogP contribution in [0.2, 0.25) is 10.0 Å². The van der Waals surface area contributed by atoms with Crippen LogP contribution in [0.3, 0.4) is 0 Å². The fourth-order valence-electron chi connectivity index (χ4n) is 7.90. The van der Waals surface area contributed by atoms with Crippen LogP contribution in [0.4, 0.5) is 5.69 Å². The smallest absolute Gasteiger partial charge is 0.336 e. The van der Waals surface area contributed by atoms with Gasteiger partial charge in [0.15, 0.2) is 0 Å². The summed E-state index contributed by atoms with van der Waals surface area (Å²) in [6, 6.07) is 13.0. The number of anilines is 1. The summed E-state index contributed by atoms with van der Waals surface area (Å²) in [5, 5.41) is 18.1. The van der Waals surface area contributed by atoms with E-state index >= 15 is 0 Å². The van der Waals surface area contributed by atoms with Gasteiger partial charge >= 0.3 is 5.97 Å². The second-order valence-electron chi connectivity index (χ2n) is 13.3. The first-order valence-electron chi connectivity index (χ1n) is 16.4. The fraction of sp³-hybridized carbons (Fsp3) is 0.289. The molecule has 11 heteroatoms. The van der Waals surface area contributed by atoms with Gasteiger partial charge in [-0.2, -0.15) is 5.10 Å². The van der Waals surface area contributed by atoms with Crippen molar-refractivity contribution in [3.63, 3.8) is 0 Å². The van der Waals surface area contributed by atoms with Crippen LogP contribution in [0.5, 0.6) is 5.75 Å². The van der Waals surface area contributed by atoms with E-state index in [9.17, 15) is 14.7 Å². The van der Waals surface area contributed by atoms with E-state index in [2.05, 4.69) is 4.57 Å². The van der Waals surface area contributed by atoms with Crippen molar-refractivity contribution < 1.29 is 19.4 Å². The molecule has 0 radical (unpaired) electrons. The van der Waals surface area contributed by atoms with E-state index in [4.69, 9.17) is 33.0 Å². The van der Waals surface area contributed by atoms with Gasteiger partial charge in [-0.3, -0.25) is 9.48 Å². The first-order valence-corrected chi connectivity index (χ1v) is 17.1. The molecule has 6 aromatic rings. The molecule has 0 unspecified atom stereocenters. The molecule has 9 nitrogen and oxygen atoms in total. The zero-order valence-corrected chi connectivity index (χ0v) is 29.4. The highest BCUT2D eigenvalue weighted by molar-refractivity contribution is 6.35. The zero-order chi connectivity index (χ0) is 34.5. The number of rotatable bonds is 7. The zero-order valence-electron chi connectivity index (χ0n) is 27.9. The molecule has 1 amide bonds. The van der Waals surface area contributed by atoms with Gasteiger partial charge in [-0.05, 0) is 86.7 Å². The lowest BCUT2D eigenvalue weighted by Crippen LogP contribution is -2.44. The Balaban J connectivity index is 1.28. The van der Waals surface area contributed by atoms with Crippen LogP contribution in [0.25, 0.3) is 32.9 Å². The van der Waals surface area contributed by atoms with E-state index in [-0.39, 0.29) is 17.5 Å². The molecule has 0 saturated heterocycles. The summed E-state index contributed by atoms with van der Waals surface area (Å²) in [6.45, 7) is 6.78. The number of hydrogen-bond acceptors (Lipinski definition) is 4. The third-order valence-corrected chi connectivity index (χ3v) is 11.2. The van der Waals surface area contributed by atoms with Crippen molar-refractivity contribution in [3.05, 3.63) is 98.0 Å². The van der Waals surface area contributed by atoms with E-state index in [1.807, 2.05) is 80.6 Å². The normalized spacial score (nSPS) is 15.3. The molecule has 1 atom stereocenters. The lowest BCUT2D eigenvalue weighted by molar-refractivity contribution is 0.0698. The second-order valence-corrected chi connectivity index (χ2v) is 14.1. The first kappa shape index (κ1) is 31.5. The number of ether oxygens (including phenoxy) is 1. The number of aromatic nitrogens is 4. The molecule has 2 aliphatic rings. The van der Waals surface area contributed by atoms with Crippen LogP contribution in [-0.2, 0) is 26.9 Å². The van der Waals surface area contributed by atoms with Crippen molar-refractivity contribution in [3.8, 4) is 16.9 Å². The Kier molecular flexibility index (Phi) is 7.35. The maximum atomic E-state index is 14.9. The monoisotopic (exact) mass is 695 g/mol. The Hall–Kier alpha value is -4.73. The standard InChI is InChI=1S/C38H35Cl2N5O4/c1-19-13-24(14-20(2)34(19)40)49-12-6-7-26-27-8-9-29(39)33-32-21(3)43(5)41-30(32)16-23-18-44(37(46)36(26)45(23)35(27)33)22-15-28(38(47)48)25-10-11-42(4)31(25)17-22/h8-11,13-15,17,23H,6-7,12,16,18H2,1-5H3,(H,47,48)/t23-/m1/s1. The van der Waals surface area contributed by atoms with Gasteiger partial charge in [0.2, 0.25) is 0 Å². The number of fused-ring (bicyclic) bond motifs is 3. The van der Waals surface area contributed by atoms with Gasteiger partial charge in [0.25, 0.3) is 5.91 Å². The lowest BCUT2D eigenvalue weighted by atomic mass is 9.96. The van der Waals surface area contributed by atoms with Crippen molar-refractivity contribution in [1.29, 1.82) is 0 Å². The number of halogens is 2. The van der Waals surface area contributed by atoms with Crippen molar-refractivity contribution in [2.24, 2.45) is 14.1 Å². The minimum absolute atomic E-state index is 0.162. The number of carboxylic acid groups (broad SMARTS) is 1. The molecular formula is C38H35Cl2N5O4. The third-order valence-electron chi connectivity index (χ3n) is 10.3. The van der Waals surface area contributed by atoms with Crippen LogP contribution in [0, 0.1) is 20.8 Å². The highest BCUT2D eigenvalue weighted by Gasteiger charge is 2.41. The third kappa shape index (κ3) is 4.77. The summed E-state index contributed by atoms with van der Waals surface area (Å²) in [4.78, 5) is 29.1. The largest absolute Gasteiger partial charge is 0.494 e. The summed E-state index contributed by atoms with van der Waals surface area (Å²) < 4.78 is 12.2. The SMILES string of the molecule is Cc1cc(OCCCc2c3n4c5c(c(Cl)ccc25)-c2c(nn(C)c2C)C[C@@H]4CN(c2cc(C(=O)O)c4ccn(C)c4c2)C3=O)cc(C)c1Cl. The number of aryl methyl sites for hydroxylation is 5. The van der Waals surface area contributed by atoms with Crippen molar-refractivity contribution >= 4 is 62.6 Å². The minimum atomic E-state index is -1.04. The molecule has 3 aromatic carbocycles. The highest BCUT2D eigenvalue weighted by atomic mass is 35.5. The number of carboxylic acids is 1. The van der Waals surface area contributed by atoms with Gasteiger partial charge in [0, 0.05) is 71.6 Å². The molecule has 0 fully saturated rings. The molecule has 1 N–H and O–H groups in total. The van der Waals surface area contributed by atoms with E-state index < -0.39 is 5.97 Å². The first-order chi connectivity index (χ1) is 23.4. The van der Waals surface area contributed by atoms with E-state index in [0.29, 0.717) is 54.2 Å². The summed E-state index contributed by atoms with van der Waals surface area (Å²) in [7, 11) is 3.82. The Labute approximate surface area is 293 Å². The number of nitrogens with zero attached hydrogens (tertiary/aromatic N) is 5. The van der Waals surface area contributed by atoms with Gasteiger partial charge in [-0.1, -0.05) is 29.3 Å². The van der Waals surface area contributed by atoms with Crippen LogP contribution < -0.4 is 9.64 Å². The average molecular weight is 697 g/mol. The van der Waals surface area contributed by atoms with E-state index in [0.717, 1.165) is 66.4 Å². The second kappa shape index (κ2) is 11.4. The molecule has 0 saturated carbocycles. The predicted molar refractivity (Wildman–Crippen MR) is 193 cm³/mol. The van der Waals surface area contributed by atoms with Crippen LogP contribution in [0.1, 0.15) is 61.4 Å². The number of hydrogen-bond donors (Lipinski definition) is 1. The van der Waals surface area contributed by atoms with E-state index in [1.54, 1.807) is 17.0 Å². The summed E-state index contributed by atoms with van der Waals surface area (Å²) >= 11 is 13.4. The number of amides is 1. The molecule has 0 bridgehead atoms. The Bertz CT molecular complexity index is 2380. The summed E-state index contributed by atoms with van der Waals surface area (Å²) in [6.07, 6.45) is 3.68. The highest BCUT2D eigenvalue weighted by Crippen LogP contribution is 2.48. The Morgan fingerprint density at radius 2 is 1.78 bits per heavy atom. The molecule has 8 rings (SSSR count). The molecule has 49 heavy (non-hydrogen) atoms. The number of carbonyl (C=O) groups is 2. The molecule has 0 aliphatic carbocycles. The maximum absolute atomic E-state index is 14.9.